The van der Waals surface area contributed by atoms with Crippen molar-refractivity contribution in [3.63, 3.8) is 0 Å². The largest absolute Gasteiger partial charge is 0.370 e. The number of carbonyl (C=O) groups excluding carboxylic acids is 2. The van der Waals surface area contributed by atoms with Crippen molar-refractivity contribution in [1.82, 2.24) is 24.9 Å². The fourth-order valence-electron chi connectivity index (χ4n) is 4.77. The molecule has 34 heavy (non-hydrogen) atoms. The molecule has 3 heterocycles. The Morgan fingerprint density at radius 2 is 2.12 bits per heavy atom. The van der Waals surface area contributed by atoms with Gasteiger partial charge in [0.15, 0.2) is 5.69 Å². The van der Waals surface area contributed by atoms with Crippen molar-refractivity contribution in [2.45, 2.75) is 39.2 Å². The molecule has 1 aromatic carbocycles. The minimum Gasteiger partial charge on any atom is -0.370 e. The molecule has 1 fully saturated rings. The van der Waals surface area contributed by atoms with Crippen LogP contribution in [0.3, 0.4) is 0 Å². The second-order valence-corrected chi connectivity index (χ2v) is 9.85. The highest BCUT2D eigenvalue weighted by atomic mass is 16.5. The second kappa shape index (κ2) is 9.06. The molecular weight excluding hydrogens is 432 g/mol. The molecule has 0 spiro atoms. The number of carbonyl (C=O) groups is 2. The van der Waals surface area contributed by atoms with Gasteiger partial charge in [0.1, 0.15) is 6.61 Å². The van der Waals surface area contributed by atoms with Gasteiger partial charge in [0, 0.05) is 30.5 Å². The molecule has 1 atom stereocenters. The van der Waals surface area contributed by atoms with Gasteiger partial charge < -0.3 is 15.0 Å². The summed E-state index contributed by atoms with van der Waals surface area (Å²) >= 11 is 0. The Morgan fingerprint density at radius 3 is 2.91 bits per heavy atom. The van der Waals surface area contributed by atoms with Crippen molar-refractivity contribution in [2.75, 3.05) is 31.6 Å². The molecule has 178 valence electrons. The number of anilines is 1. The Morgan fingerprint density at radius 1 is 1.29 bits per heavy atom. The highest BCUT2D eigenvalue weighted by Gasteiger charge is 2.31. The van der Waals surface area contributed by atoms with E-state index >= 15 is 0 Å². The second-order valence-electron chi connectivity index (χ2n) is 9.85. The molecule has 9 heteroatoms. The molecule has 2 aliphatic rings. The number of nitrogens with zero attached hydrogens (tertiary/aromatic N) is 4. The van der Waals surface area contributed by atoms with Gasteiger partial charge in [-0.1, -0.05) is 44.2 Å². The van der Waals surface area contributed by atoms with Crippen LogP contribution < -0.4 is 5.32 Å². The maximum atomic E-state index is 13.0. The van der Waals surface area contributed by atoms with Crippen LogP contribution in [0.5, 0.6) is 0 Å². The normalized spacial score (nSPS) is 18.4. The summed E-state index contributed by atoms with van der Waals surface area (Å²) in [6.45, 7) is 6.13. The zero-order valence-electron chi connectivity index (χ0n) is 19.6. The maximum absolute atomic E-state index is 13.0. The first-order valence-electron chi connectivity index (χ1n) is 11.7. The summed E-state index contributed by atoms with van der Waals surface area (Å²) in [5.41, 5.74) is 4.35. The molecular formula is C25H30N6O3. The molecule has 0 bridgehead atoms. The molecule has 9 nitrogen and oxygen atoms in total. The number of ether oxygens (including phenoxy) is 1. The molecule has 1 aliphatic carbocycles. The molecule has 2 amide bonds. The zero-order chi connectivity index (χ0) is 23.7. The van der Waals surface area contributed by atoms with Crippen LogP contribution in [0.1, 0.15) is 53.6 Å². The van der Waals surface area contributed by atoms with Crippen molar-refractivity contribution in [3.8, 4) is 0 Å². The summed E-state index contributed by atoms with van der Waals surface area (Å²) < 4.78 is 7.07. The number of hydrogen-bond acceptors (Lipinski definition) is 5. The molecule has 1 aliphatic heterocycles. The number of rotatable bonds is 6. The van der Waals surface area contributed by atoms with E-state index in [-0.39, 0.29) is 29.9 Å². The monoisotopic (exact) mass is 462 g/mol. The highest BCUT2D eigenvalue weighted by Crippen LogP contribution is 2.35. The standard InChI is InChI=1S/C25H30N6O3/c1-25(2)9-8-19-20(12-25)28-29-23(19)24(33)27-18-13-26-31(14-18)21(17-6-4-3-5-7-17)15-30-10-11-34-16-22(30)32/h3-7,13-14,21H,8-12,15-16H2,1-2H3,(H,27,33)(H,28,29). The summed E-state index contributed by atoms with van der Waals surface area (Å²) in [5, 5.41) is 14.9. The van der Waals surface area contributed by atoms with Crippen LogP contribution >= 0.6 is 0 Å². The van der Waals surface area contributed by atoms with Gasteiger partial charge in [-0.25, -0.2) is 0 Å². The van der Waals surface area contributed by atoms with E-state index < -0.39 is 0 Å². The predicted octanol–water partition coefficient (Wildman–Crippen LogP) is 2.82. The van der Waals surface area contributed by atoms with Gasteiger partial charge in [-0.2, -0.15) is 10.2 Å². The SMILES string of the molecule is CC1(C)CCc2c(C(=O)Nc3cnn(C(CN4CCOCC4=O)c4ccccc4)c3)n[nH]c2C1. The lowest BCUT2D eigenvalue weighted by Crippen LogP contribution is -2.44. The van der Waals surface area contributed by atoms with Crippen LogP contribution in [0, 0.1) is 5.41 Å². The highest BCUT2D eigenvalue weighted by molar-refractivity contribution is 6.03. The van der Waals surface area contributed by atoms with Crippen LogP contribution in [0.15, 0.2) is 42.7 Å². The number of benzene rings is 1. The maximum Gasteiger partial charge on any atom is 0.276 e. The molecule has 1 unspecified atom stereocenters. The van der Waals surface area contributed by atoms with Gasteiger partial charge in [-0.3, -0.25) is 19.4 Å². The van der Waals surface area contributed by atoms with E-state index in [9.17, 15) is 9.59 Å². The fraction of sp³-hybridized carbons (Fsp3) is 0.440. The van der Waals surface area contributed by atoms with Crippen LogP contribution in [-0.4, -0.2) is 63.0 Å². The first kappa shape index (κ1) is 22.3. The topological polar surface area (TPSA) is 105 Å². The number of aromatic amines is 1. The third kappa shape index (κ3) is 4.61. The molecule has 0 radical (unpaired) electrons. The molecule has 0 saturated carbocycles. The van der Waals surface area contributed by atoms with E-state index in [0.29, 0.717) is 31.1 Å². The number of fused-ring (bicyclic) bond motifs is 1. The van der Waals surface area contributed by atoms with Gasteiger partial charge in [0.2, 0.25) is 5.91 Å². The van der Waals surface area contributed by atoms with Crippen molar-refractivity contribution >= 4 is 17.5 Å². The average Bonchev–Trinajstić information content (AvgIpc) is 3.45. The van der Waals surface area contributed by atoms with Crippen LogP contribution in [0.2, 0.25) is 0 Å². The third-order valence-corrected chi connectivity index (χ3v) is 6.72. The lowest BCUT2D eigenvalue weighted by Gasteiger charge is -2.31. The molecule has 2 N–H and O–H groups in total. The predicted molar refractivity (Wildman–Crippen MR) is 127 cm³/mol. The van der Waals surface area contributed by atoms with E-state index in [1.165, 1.54) is 0 Å². The van der Waals surface area contributed by atoms with E-state index in [2.05, 4.69) is 34.5 Å². The van der Waals surface area contributed by atoms with E-state index in [1.807, 2.05) is 36.5 Å². The van der Waals surface area contributed by atoms with Crippen molar-refractivity contribution in [3.05, 3.63) is 65.2 Å². The summed E-state index contributed by atoms with van der Waals surface area (Å²) in [4.78, 5) is 27.2. The number of aromatic nitrogens is 4. The average molecular weight is 463 g/mol. The summed E-state index contributed by atoms with van der Waals surface area (Å²) in [5.74, 6) is -0.268. The quantitative estimate of drug-likeness (QED) is 0.586. The number of hydrogen-bond donors (Lipinski definition) is 2. The first-order valence-corrected chi connectivity index (χ1v) is 11.7. The lowest BCUT2D eigenvalue weighted by molar-refractivity contribution is -0.143. The lowest BCUT2D eigenvalue weighted by atomic mass is 9.76. The van der Waals surface area contributed by atoms with Gasteiger partial charge >= 0.3 is 0 Å². The number of H-pyrrole nitrogens is 1. The van der Waals surface area contributed by atoms with Gasteiger partial charge in [0.25, 0.3) is 5.91 Å². The van der Waals surface area contributed by atoms with E-state index in [1.54, 1.807) is 15.8 Å². The Labute approximate surface area is 198 Å². The van der Waals surface area contributed by atoms with Gasteiger partial charge in [-0.15, -0.1) is 0 Å². The Bertz CT molecular complexity index is 1180. The smallest absolute Gasteiger partial charge is 0.276 e. The molecule has 2 aromatic heterocycles. The fourth-order valence-corrected chi connectivity index (χ4v) is 4.77. The van der Waals surface area contributed by atoms with Gasteiger partial charge in [-0.05, 0) is 30.2 Å². The Kier molecular flexibility index (Phi) is 5.95. The van der Waals surface area contributed by atoms with E-state index in [0.717, 1.165) is 36.1 Å². The minimum absolute atomic E-state index is 0.0284. The number of morpholine rings is 1. The molecule has 1 saturated heterocycles. The van der Waals surface area contributed by atoms with Crippen LogP contribution in [-0.2, 0) is 22.4 Å². The van der Waals surface area contributed by atoms with Crippen LogP contribution in [0.25, 0.3) is 0 Å². The molecule has 3 aromatic rings. The van der Waals surface area contributed by atoms with Gasteiger partial charge in [0.05, 0.1) is 24.5 Å². The third-order valence-electron chi connectivity index (χ3n) is 6.72. The summed E-state index contributed by atoms with van der Waals surface area (Å²) in [6.07, 6.45) is 6.20. The molecule has 5 rings (SSSR count). The Hall–Kier alpha value is -3.46. The van der Waals surface area contributed by atoms with Crippen molar-refractivity contribution < 1.29 is 14.3 Å². The van der Waals surface area contributed by atoms with E-state index in [4.69, 9.17) is 4.74 Å². The minimum atomic E-state index is -0.239. The Balaban J connectivity index is 1.34. The van der Waals surface area contributed by atoms with Crippen LogP contribution in [0.4, 0.5) is 5.69 Å². The first-order chi connectivity index (χ1) is 16.4. The summed E-state index contributed by atoms with van der Waals surface area (Å²) in [7, 11) is 0. The zero-order valence-corrected chi connectivity index (χ0v) is 19.6. The van der Waals surface area contributed by atoms with Crippen molar-refractivity contribution in [1.29, 1.82) is 0 Å². The summed E-state index contributed by atoms with van der Waals surface area (Å²) in [6, 6.07) is 9.75. The number of amides is 2. The van der Waals surface area contributed by atoms with Crippen molar-refractivity contribution in [2.24, 2.45) is 5.41 Å². The number of nitrogens with one attached hydrogen (secondary N) is 2.